The summed E-state index contributed by atoms with van der Waals surface area (Å²) in [5.74, 6) is 0.582. The monoisotopic (exact) mass is 380 g/mol. The summed E-state index contributed by atoms with van der Waals surface area (Å²) in [5, 5.41) is 4.47. The lowest BCUT2D eigenvalue weighted by Gasteiger charge is -2.44. The van der Waals surface area contributed by atoms with E-state index in [4.69, 9.17) is 0 Å². The minimum atomic E-state index is -3.10. The fraction of sp³-hybridized carbons (Fsp3) is 0.778. The van der Waals surface area contributed by atoms with Crippen LogP contribution >= 0.6 is 0 Å². The Labute approximate surface area is 155 Å². The maximum absolute atomic E-state index is 12.6. The first kappa shape index (κ1) is 18.0. The average Bonchev–Trinajstić information content (AvgIpc) is 3.31. The third kappa shape index (κ3) is 3.29. The SMILES string of the molecule is CCCn1ncc(CN2CCN(C(=O)C3CC3)[C@@H]3CS(=O)(=O)C[C@@H]32)c1C. The molecule has 3 fully saturated rings. The lowest BCUT2D eigenvalue weighted by molar-refractivity contribution is -0.138. The fourth-order valence-corrected chi connectivity index (χ4v) is 6.37. The van der Waals surface area contributed by atoms with E-state index in [1.54, 1.807) is 0 Å². The van der Waals surface area contributed by atoms with Crippen LogP contribution < -0.4 is 0 Å². The Morgan fingerprint density at radius 3 is 2.65 bits per heavy atom. The van der Waals surface area contributed by atoms with Crippen molar-refractivity contribution in [1.29, 1.82) is 0 Å². The molecule has 144 valence electrons. The van der Waals surface area contributed by atoms with Crippen LogP contribution in [0.2, 0.25) is 0 Å². The molecule has 1 aliphatic carbocycles. The summed E-state index contributed by atoms with van der Waals surface area (Å²) in [6.45, 7) is 7.17. The van der Waals surface area contributed by atoms with Crippen molar-refractivity contribution in [3.63, 3.8) is 0 Å². The molecular weight excluding hydrogens is 352 g/mol. The van der Waals surface area contributed by atoms with Crippen LogP contribution in [0.1, 0.15) is 37.4 Å². The Morgan fingerprint density at radius 2 is 1.96 bits per heavy atom. The summed E-state index contributed by atoms with van der Waals surface area (Å²) in [6.07, 6.45) is 4.86. The van der Waals surface area contributed by atoms with Crippen molar-refractivity contribution in [1.82, 2.24) is 19.6 Å². The van der Waals surface area contributed by atoms with Crippen molar-refractivity contribution in [3.05, 3.63) is 17.5 Å². The van der Waals surface area contributed by atoms with E-state index >= 15 is 0 Å². The van der Waals surface area contributed by atoms with E-state index in [1.807, 2.05) is 15.8 Å². The number of fused-ring (bicyclic) bond motifs is 1. The maximum Gasteiger partial charge on any atom is 0.226 e. The number of piperazine rings is 1. The Bertz CT molecular complexity index is 799. The number of carbonyl (C=O) groups excluding carboxylic acids is 1. The van der Waals surface area contributed by atoms with Gasteiger partial charge in [0.25, 0.3) is 0 Å². The molecule has 0 aromatic carbocycles. The molecular formula is C18H28N4O3S. The minimum absolute atomic E-state index is 0.0922. The summed E-state index contributed by atoms with van der Waals surface area (Å²) in [5.41, 5.74) is 2.31. The van der Waals surface area contributed by atoms with Gasteiger partial charge in [0.05, 0.1) is 23.7 Å². The van der Waals surface area contributed by atoms with E-state index in [9.17, 15) is 13.2 Å². The predicted octanol–water partition coefficient (Wildman–Crippen LogP) is 0.821. The highest BCUT2D eigenvalue weighted by Gasteiger charge is 2.49. The molecule has 2 atom stereocenters. The van der Waals surface area contributed by atoms with Crippen molar-refractivity contribution in [3.8, 4) is 0 Å². The Morgan fingerprint density at radius 1 is 1.23 bits per heavy atom. The zero-order valence-electron chi connectivity index (χ0n) is 15.6. The van der Waals surface area contributed by atoms with Crippen LogP contribution in [0.5, 0.6) is 0 Å². The highest BCUT2D eigenvalue weighted by molar-refractivity contribution is 7.91. The van der Waals surface area contributed by atoms with Crippen LogP contribution in [-0.2, 0) is 27.7 Å². The van der Waals surface area contributed by atoms with Crippen LogP contribution in [0.3, 0.4) is 0 Å². The lowest BCUT2D eigenvalue weighted by atomic mass is 10.0. The number of rotatable bonds is 5. The molecule has 8 heteroatoms. The van der Waals surface area contributed by atoms with Crippen molar-refractivity contribution in [2.24, 2.45) is 5.92 Å². The summed E-state index contributed by atoms with van der Waals surface area (Å²) in [6, 6.07) is -0.279. The summed E-state index contributed by atoms with van der Waals surface area (Å²) < 4.78 is 26.7. The summed E-state index contributed by atoms with van der Waals surface area (Å²) in [7, 11) is -3.10. The second-order valence-corrected chi connectivity index (χ2v) is 10.1. The Hall–Kier alpha value is -1.41. The number of aromatic nitrogens is 2. The lowest BCUT2D eigenvalue weighted by Crippen LogP contribution is -2.60. The van der Waals surface area contributed by atoms with Crippen LogP contribution in [0, 0.1) is 12.8 Å². The van der Waals surface area contributed by atoms with Gasteiger partial charge in [-0.05, 0) is 26.2 Å². The first-order valence-electron chi connectivity index (χ1n) is 9.66. The van der Waals surface area contributed by atoms with E-state index in [2.05, 4.69) is 23.8 Å². The number of nitrogens with zero attached hydrogens (tertiary/aromatic N) is 4. The standard InChI is InChI=1S/C18H28N4O3S/c1-3-6-22-13(2)15(9-19-22)10-20-7-8-21(18(23)14-4-5-14)17-12-26(24,25)11-16(17)20/h9,14,16-17H,3-8,10-12H2,1-2H3/t16-,17+/m0/s1. The number of carbonyl (C=O) groups is 1. The fourth-order valence-electron chi connectivity index (χ4n) is 4.36. The number of hydrogen-bond donors (Lipinski definition) is 0. The zero-order valence-corrected chi connectivity index (χ0v) is 16.4. The molecule has 0 spiro atoms. The first-order chi connectivity index (χ1) is 12.4. The molecule has 2 saturated heterocycles. The smallest absolute Gasteiger partial charge is 0.226 e. The number of sulfone groups is 1. The Balaban J connectivity index is 1.54. The van der Waals surface area contributed by atoms with Gasteiger partial charge in [0.1, 0.15) is 0 Å². The molecule has 26 heavy (non-hydrogen) atoms. The van der Waals surface area contributed by atoms with Gasteiger partial charge in [0.2, 0.25) is 5.91 Å². The largest absolute Gasteiger partial charge is 0.336 e. The quantitative estimate of drug-likeness (QED) is 0.756. The molecule has 2 aliphatic heterocycles. The van der Waals surface area contributed by atoms with Crippen molar-refractivity contribution in [2.45, 2.75) is 58.3 Å². The Kier molecular flexibility index (Phi) is 4.59. The molecule has 0 bridgehead atoms. The van der Waals surface area contributed by atoms with E-state index in [-0.39, 0.29) is 35.4 Å². The highest BCUT2D eigenvalue weighted by atomic mass is 32.2. The third-order valence-electron chi connectivity index (χ3n) is 6.01. The molecule has 3 heterocycles. The molecule has 4 rings (SSSR count). The highest BCUT2D eigenvalue weighted by Crippen LogP contribution is 2.35. The van der Waals surface area contributed by atoms with Crippen LogP contribution in [0.4, 0.5) is 0 Å². The summed E-state index contributed by atoms with van der Waals surface area (Å²) in [4.78, 5) is 16.7. The van der Waals surface area contributed by atoms with Gasteiger partial charge in [-0.15, -0.1) is 0 Å². The van der Waals surface area contributed by atoms with E-state index in [0.29, 0.717) is 13.1 Å². The molecule has 0 radical (unpaired) electrons. The second kappa shape index (κ2) is 6.64. The van der Waals surface area contributed by atoms with E-state index in [1.165, 1.54) is 0 Å². The second-order valence-electron chi connectivity index (χ2n) is 7.97. The number of aryl methyl sites for hydroxylation is 1. The summed E-state index contributed by atoms with van der Waals surface area (Å²) >= 11 is 0. The predicted molar refractivity (Wildman–Crippen MR) is 98.3 cm³/mol. The number of amides is 1. The zero-order chi connectivity index (χ0) is 18.5. The molecule has 1 aromatic rings. The van der Waals surface area contributed by atoms with Gasteiger partial charge in [0.15, 0.2) is 9.84 Å². The van der Waals surface area contributed by atoms with Gasteiger partial charge < -0.3 is 4.90 Å². The maximum atomic E-state index is 12.6. The normalized spacial score (nSPS) is 28.3. The third-order valence-corrected chi connectivity index (χ3v) is 7.71. The van der Waals surface area contributed by atoms with E-state index < -0.39 is 9.84 Å². The van der Waals surface area contributed by atoms with E-state index in [0.717, 1.165) is 43.6 Å². The minimum Gasteiger partial charge on any atom is -0.336 e. The molecule has 0 unspecified atom stereocenters. The van der Waals surface area contributed by atoms with Gasteiger partial charge in [0, 0.05) is 49.4 Å². The molecule has 7 nitrogen and oxygen atoms in total. The van der Waals surface area contributed by atoms with Gasteiger partial charge in [-0.3, -0.25) is 14.4 Å². The molecule has 3 aliphatic rings. The van der Waals surface area contributed by atoms with Gasteiger partial charge in [-0.25, -0.2) is 8.42 Å². The topological polar surface area (TPSA) is 75.5 Å². The molecule has 1 aromatic heterocycles. The van der Waals surface area contributed by atoms with Gasteiger partial charge >= 0.3 is 0 Å². The van der Waals surface area contributed by atoms with Crippen LogP contribution in [0.15, 0.2) is 6.20 Å². The average molecular weight is 381 g/mol. The molecule has 0 N–H and O–H groups in total. The van der Waals surface area contributed by atoms with Crippen LogP contribution in [0.25, 0.3) is 0 Å². The van der Waals surface area contributed by atoms with Gasteiger partial charge in [-0.1, -0.05) is 6.92 Å². The van der Waals surface area contributed by atoms with Crippen LogP contribution in [-0.4, -0.2) is 70.6 Å². The van der Waals surface area contributed by atoms with Crippen molar-refractivity contribution in [2.75, 3.05) is 24.6 Å². The van der Waals surface area contributed by atoms with Gasteiger partial charge in [-0.2, -0.15) is 5.10 Å². The molecule has 1 amide bonds. The molecule has 1 saturated carbocycles. The van der Waals surface area contributed by atoms with Crippen molar-refractivity contribution >= 4 is 15.7 Å². The van der Waals surface area contributed by atoms with Crippen molar-refractivity contribution < 1.29 is 13.2 Å². The first-order valence-corrected chi connectivity index (χ1v) is 11.5. The number of hydrogen-bond acceptors (Lipinski definition) is 5.